The van der Waals surface area contributed by atoms with Crippen molar-refractivity contribution in [2.75, 3.05) is 0 Å². The van der Waals surface area contributed by atoms with Gasteiger partial charge in [0.2, 0.25) is 0 Å². The van der Waals surface area contributed by atoms with E-state index in [-0.39, 0.29) is 5.43 Å². The van der Waals surface area contributed by atoms with Crippen molar-refractivity contribution in [1.82, 2.24) is 0 Å². The van der Waals surface area contributed by atoms with Gasteiger partial charge in [-0.15, -0.1) is 0 Å². The van der Waals surface area contributed by atoms with Gasteiger partial charge in [-0.2, -0.15) is 0 Å². The van der Waals surface area contributed by atoms with Crippen LogP contribution in [-0.4, -0.2) is 5.43 Å². The van der Waals surface area contributed by atoms with E-state index in [4.69, 9.17) is 0 Å². The zero-order valence-corrected chi connectivity index (χ0v) is 23.0. The Labute approximate surface area is 191 Å². The van der Waals surface area contributed by atoms with Crippen molar-refractivity contribution < 1.29 is 20.4 Å². The standard InChI is InChI=1S/C15H13.C8H18Si.C5H5.Zr/c1-10-3-5-14-12(7-10)9-13-8-11(2)4-6-15(13)14;1-7(2)5-9-6-8(3)4;1-2-4-5-3-1;/h3-9H,1-2H3;7-8H,5-6H2,1-4H3;1-3H,4H2;. The molecule has 156 valence electrons. The van der Waals surface area contributed by atoms with E-state index in [9.17, 15) is 0 Å². The maximum absolute atomic E-state index is 2.54. The van der Waals surface area contributed by atoms with E-state index in [0.717, 1.165) is 15.5 Å². The van der Waals surface area contributed by atoms with Crippen LogP contribution >= 0.6 is 0 Å². The average molecular weight is 492 g/mol. The number of aryl methyl sites for hydroxylation is 2. The summed E-state index contributed by atoms with van der Waals surface area (Å²) < 4.78 is 2.61. The van der Waals surface area contributed by atoms with Crippen LogP contribution in [0.2, 0.25) is 12.1 Å². The molecule has 0 fully saturated rings. The van der Waals surface area contributed by atoms with Gasteiger partial charge >= 0.3 is 193 Å². The fourth-order valence-corrected chi connectivity index (χ4v) is 32.5. The minimum absolute atomic E-state index is 0.368. The number of benzene rings is 2. The molecule has 0 saturated carbocycles. The van der Waals surface area contributed by atoms with E-state index in [2.05, 4.69) is 96.2 Å². The molecule has 0 atom stereocenters. The molecule has 0 spiro atoms. The summed E-state index contributed by atoms with van der Waals surface area (Å²) in [6, 6.07) is 17.5. The first kappa shape index (κ1) is 22.2. The first-order valence-corrected chi connectivity index (χ1v) is 19.9. The quantitative estimate of drug-likeness (QED) is 0.358. The van der Waals surface area contributed by atoms with Crippen molar-refractivity contribution in [3.8, 4) is 11.1 Å². The zero-order valence-electron chi connectivity index (χ0n) is 19.5. The predicted molar refractivity (Wildman–Crippen MR) is 130 cm³/mol. The second-order valence-electron chi connectivity index (χ2n) is 10.2. The topological polar surface area (TPSA) is 0 Å². The van der Waals surface area contributed by atoms with E-state index in [1.807, 2.05) is 3.28 Å². The van der Waals surface area contributed by atoms with Crippen LogP contribution in [0, 0.1) is 25.7 Å². The van der Waals surface area contributed by atoms with Gasteiger partial charge in [0, 0.05) is 0 Å². The Kier molecular flexibility index (Phi) is 6.85. The molecule has 0 saturated heterocycles. The molecule has 0 aromatic heterocycles. The van der Waals surface area contributed by atoms with Gasteiger partial charge in [-0.3, -0.25) is 0 Å². The maximum atomic E-state index is 2.54. The number of hydrogen-bond acceptors (Lipinski definition) is 0. The van der Waals surface area contributed by atoms with E-state index < -0.39 is 20.4 Å². The van der Waals surface area contributed by atoms with Crippen molar-refractivity contribution in [3.63, 3.8) is 0 Å². The Balaban J connectivity index is 2.00. The van der Waals surface area contributed by atoms with Gasteiger partial charge < -0.3 is 0 Å². The van der Waals surface area contributed by atoms with Crippen LogP contribution in [0.4, 0.5) is 0 Å². The van der Waals surface area contributed by atoms with Gasteiger partial charge in [-0.1, -0.05) is 0 Å². The SMILES string of the molecule is Cc1ccc2c(c1)[CH]([Zr]([C]1=CC=CC1)=[Si](CC(C)C)CC(C)C)c1cc(C)ccc1-2. The predicted octanol–water partition coefficient (Wildman–Crippen LogP) is 8.14. The van der Waals surface area contributed by atoms with Crippen LogP contribution in [0.3, 0.4) is 0 Å². The normalized spacial score (nSPS) is 15.0. The summed E-state index contributed by atoms with van der Waals surface area (Å²) in [4.78, 5) is 0. The molecule has 0 aliphatic heterocycles. The Bertz CT molecular complexity index is 989. The number of hydrogen-bond donors (Lipinski definition) is 0. The van der Waals surface area contributed by atoms with Crippen LogP contribution in [0.1, 0.15) is 60.0 Å². The third-order valence-electron chi connectivity index (χ3n) is 6.42. The summed E-state index contributed by atoms with van der Waals surface area (Å²) >= 11 is -1.95. The van der Waals surface area contributed by atoms with Gasteiger partial charge in [0.25, 0.3) is 0 Å². The molecule has 0 heterocycles. The van der Waals surface area contributed by atoms with Crippen LogP contribution in [-0.2, 0) is 20.4 Å². The first-order valence-electron chi connectivity index (χ1n) is 11.6. The van der Waals surface area contributed by atoms with Gasteiger partial charge in [0.05, 0.1) is 0 Å². The molecule has 0 unspecified atom stereocenters. The summed E-state index contributed by atoms with van der Waals surface area (Å²) in [5.41, 5.74) is 8.88. The molecular weight excluding hydrogens is 456 g/mol. The molecule has 2 heteroatoms. The second kappa shape index (κ2) is 9.25. The van der Waals surface area contributed by atoms with Crippen molar-refractivity contribution in [2.45, 2.75) is 63.7 Å². The van der Waals surface area contributed by atoms with Crippen molar-refractivity contribution in [3.05, 3.63) is 80.2 Å². The molecule has 0 bridgehead atoms. The van der Waals surface area contributed by atoms with Crippen molar-refractivity contribution in [1.29, 1.82) is 0 Å². The molecule has 0 radical (unpaired) electrons. The van der Waals surface area contributed by atoms with Crippen LogP contribution in [0.25, 0.3) is 11.1 Å². The van der Waals surface area contributed by atoms with E-state index in [0.29, 0.717) is 0 Å². The average Bonchev–Trinajstić information content (AvgIpc) is 3.28. The van der Waals surface area contributed by atoms with Crippen molar-refractivity contribution in [2.24, 2.45) is 11.8 Å². The second-order valence-corrected chi connectivity index (χ2v) is 25.6. The summed E-state index contributed by atoms with van der Waals surface area (Å²) in [6.07, 6.45) is 8.55. The molecule has 30 heavy (non-hydrogen) atoms. The van der Waals surface area contributed by atoms with E-state index in [1.165, 1.54) is 40.8 Å². The molecule has 4 rings (SSSR count). The van der Waals surface area contributed by atoms with Crippen LogP contribution < -0.4 is 0 Å². The fraction of sp³-hybridized carbons (Fsp3) is 0.429. The van der Waals surface area contributed by atoms with Crippen molar-refractivity contribution >= 4 is 5.43 Å². The van der Waals surface area contributed by atoms with Crippen LogP contribution in [0.15, 0.2) is 57.9 Å². The number of fused-ring (bicyclic) bond motifs is 3. The molecule has 2 aliphatic rings. The summed E-state index contributed by atoms with van der Waals surface area (Å²) in [5.74, 6) is 1.64. The molecule has 2 aromatic rings. The van der Waals surface area contributed by atoms with E-state index >= 15 is 0 Å². The molecule has 2 aliphatic carbocycles. The summed E-state index contributed by atoms with van der Waals surface area (Å²) in [7, 11) is 0. The zero-order chi connectivity index (χ0) is 21.4. The van der Waals surface area contributed by atoms with Gasteiger partial charge in [0.15, 0.2) is 0 Å². The molecule has 0 N–H and O–H groups in total. The summed E-state index contributed by atoms with van der Waals surface area (Å²) in [5, 5.41) is 0. The molecular formula is C28H36SiZr. The molecule has 2 aromatic carbocycles. The Morgan fingerprint density at radius 2 is 1.40 bits per heavy atom. The molecule has 0 nitrogen and oxygen atoms in total. The Morgan fingerprint density at radius 3 is 1.83 bits per heavy atom. The minimum atomic E-state index is -1.95. The Hall–Kier alpha value is -0.980. The monoisotopic (exact) mass is 490 g/mol. The van der Waals surface area contributed by atoms with Gasteiger partial charge in [-0.05, 0) is 0 Å². The number of rotatable bonds is 6. The van der Waals surface area contributed by atoms with Gasteiger partial charge in [-0.25, -0.2) is 0 Å². The molecule has 0 amide bonds. The third-order valence-corrected chi connectivity index (χ3v) is 27.6. The van der Waals surface area contributed by atoms with Gasteiger partial charge in [0.1, 0.15) is 0 Å². The Morgan fingerprint density at radius 1 is 0.867 bits per heavy atom. The van der Waals surface area contributed by atoms with Crippen LogP contribution in [0.5, 0.6) is 0 Å². The fourth-order valence-electron chi connectivity index (χ4n) is 5.36. The van der Waals surface area contributed by atoms with E-state index in [1.54, 1.807) is 11.1 Å². The summed E-state index contributed by atoms with van der Waals surface area (Å²) in [6.45, 7) is 14.4. The first-order chi connectivity index (χ1) is 14.3. The third kappa shape index (κ3) is 4.46. The number of allylic oxidation sites excluding steroid dienone is 4.